The summed E-state index contributed by atoms with van der Waals surface area (Å²) in [6, 6.07) is 0. The predicted molar refractivity (Wildman–Crippen MR) is 38.0 cm³/mol. The summed E-state index contributed by atoms with van der Waals surface area (Å²) in [5.74, 6) is 0. The molecule has 0 aromatic heterocycles. The topological polar surface area (TPSA) is 116 Å². The zero-order chi connectivity index (χ0) is 9.30. The molecular formula is C6H13NO5. The van der Waals surface area contributed by atoms with E-state index in [1.807, 2.05) is 0 Å². The van der Waals surface area contributed by atoms with Crippen LogP contribution in [0.5, 0.6) is 0 Å². The first-order valence-corrected chi connectivity index (χ1v) is 3.64. The molecule has 1 heterocycles. The van der Waals surface area contributed by atoms with Crippen molar-refractivity contribution >= 4 is 0 Å². The molecule has 0 spiro atoms. The van der Waals surface area contributed by atoms with E-state index in [-0.39, 0.29) is 0 Å². The van der Waals surface area contributed by atoms with E-state index in [9.17, 15) is 5.11 Å². The van der Waals surface area contributed by atoms with E-state index in [0.717, 1.165) is 0 Å². The summed E-state index contributed by atoms with van der Waals surface area (Å²) in [5, 5.41) is 36.1. The molecule has 1 fully saturated rings. The van der Waals surface area contributed by atoms with Crippen molar-refractivity contribution in [3.63, 3.8) is 0 Å². The van der Waals surface area contributed by atoms with Gasteiger partial charge in [0.15, 0.2) is 0 Å². The summed E-state index contributed by atoms with van der Waals surface area (Å²) in [7, 11) is 0. The Balaban J connectivity index is 2.63. The summed E-state index contributed by atoms with van der Waals surface area (Å²) in [6.07, 6.45) is -5.99. The van der Waals surface area contributed by atoms with Crippen LogP contribution >= 0.6 is 0 Å². The number of aliphatic hydroxyl groups excluding tert-OH is 4. The molecule has 0 amide bonds. The highest BCUT2D eigenvalue weighted by Crippen LogP contribution is 2.17. The molecule has 0 aromatic carbocycles. The zero-order valence-electron chi connectivity index (χ0n) is 6.37. The quantitative estimate of drug-likeness (QED) is 0.288. The lowest BCUT2D eigenvalue weighted by Gasteiger charge is -2.38. The van der Waals surface area contributed by atoms with Gasteiger partial charge in [0.05, 0.1) is 6.61 Å². The molecule has 6 heteroatoms. The Labute approximate surface area is 69.2 Å². The average Bonchev–Trinajstić information content (AvgIpc) is 2.08. The Morgan fingerprint density at radius 3 is 2.17 bits per heavy atom. The minimum atomic E-state index is -1.37. The van der Waals surface area contributed by atoms with Crippen molar-refractivity contribution < 1.29 is 25.2 Å². The number of aliphatic hydroxyl groups is 4. The van der Waals surface area contributed by atoms with Gasteiger partial charge >= 0.3 is 0 Å². The van der Waals surface area contributed by atoms with Crippen LogP contribution in [0.4, 0.5) is 0 Å². The molecule has 2 unspecified atom stereocenters. The molecule has 0 saturated carbocycles. The smallest absolute Gasteiger partial charge is 0.135 e. The number of hydrogen-bond donors (Lipinski definition) is 5. The van der Waals surface area contributed by atoms with Gasteiger partial charge in [0, 0.05) is 0 Å². The van der Waals surface area contributed by atoms with Gasteiger partial charge in [-0.05, 0) is 0 Å². The lowest BCUT2D eigenvalue weighted by molar-refractivity contribution is -0.227. The second-order valence-corrected chi connectivity index (χ2v) is 2.79. The minimum Gasteiger partial charge on any atom is -0.394 e. The van der Waals surface area contributed by atoms with Gasteiger partial charge in [0.1, 0.15) is 30.6 Å². The highest BCUT2D eigenvalue weighted by molar-refractivity contribution is 4.89. The molecular weight excluding hydrogens is 166 g/mol. The lowest BCUT2D eigenvalue weighted by Crippen LogP contribution is -2.61. The Kier molecular flexibility index (Phi) is 2.99. The summed E-state index contributed by atoms with van der Waals surface area (Å²) in [6.45, 7) is -0.446. The standard InChI is InChI=1S/C6H13NO5/c7-6-5(11)4(10)3(9)2(1-8)12-6/h2-6,8-11H,1,7H2/t2?,3-,4+,5?,6-/m1/s1. The van der Waals surface area contributed by atoms with Crippen LogP contribution in [0, 0.1) is 0 Å². The van der Waals surface area contributed by atoms with Crippen molar-refractivity contribution in [2.45, 2.75) is 30.6 Å². The lowest BCUT2D eigenvalue weighted by atomic mass is 9.99. The molecule has 0 bridgehead atoms. The fourth-order valence-electron chi connectivity index (χ4n) is 1.13. The maximum atomic E-state index is 9.18. The summed E-state index contributed by atoms with van der Waals surface area (Å²) >= 11 is 0. The molecule has 1 saturated heterocycles. The first-order chi connectivity index (χ1) is 5.57. The van der Waals surface area contributed by atoms with Gasteiger partial charge in [-0.2, -0.15) is 0 Å². The normalized spacial score (nSPS) is 49.2. The van der Waals surface area contributed by atoms with Crippen LogP contribution in [0.3, 0.4) is 0 Å². The third-order valence-corrected chi connectivity index (χ3v) is 1.93. The Morgan fingerprint density at radius 1 is 1.08 bits per heavy atom. The van der Waals surface area contributed by atoms with Crippen LogP contribution in [0.25, 0.3) is 0 Å². The van der Waals surface area contributed by atoms with E-state index < -0.39 is 37.3 Å². The zero-order valence-corrected chi connectivity index (χ0v) is 6.37. The minimum absolute atomic E-state index is 0.446. The molecule has 0 aromatic rings. The molecule has 1 aliphatic heterocycles. The highest BCUT2D eigenvalue weighted by Gasteiger charge is 2.41. The van der Waals surface area contributed by atoms with Gasteiger partial charge in [0.2, 0.25) is 0 Å². The third kappa shape index (κ3) is 1.58. The van der Waals surface area contributed by atoms with E-state index in [4.69, 9.17) is 25.8 Å². The van der Waals surface area contributed by atoms with Crippen LogP contribution in [0.2, 0.25) is 0 Å². The molecule has 0 aliphatic carbocycles. The molecule has 6 nitrogen and oxygen atoms in total. The second-order valence-electron chi connectivity index (χ2n) is 2.79. The molecule has 12 heavy (non-hydrogen) atoms. The average molecular weight is 179 g/mol. The van der Waals surface area contributed by atoms with Crippen LogP contribution in [-0.4, -0.2) is 57.7 Å². The van der Waals surface area contributed by atoms with E-state index in [1.165, 1.54) is 0 Å². The van der Waals surface area contributed by atoms with Gasteiger partial charge in [0.25, 0.3) is 0 Å². The van der Waals surface area contributed by atoms with E-state index >= 15 is 0 Å². The van der Waals surface area contributed by atoms with Crippen LogP contribution in [0.1, 0.15) is 0 Å². The SMILES string of the molecule is N[C@@H]1OC(CO)[C@@H](O)[C@H](O)C1O. The van der Waals surface area contributed by atoms with Gasteiger partial charge in [-0.3, -0.25) is 0 Å². The van der Waals surface area contributed by atoms with Crippen LogP contribution < -0.4 is 5.73 Å². The predicted octanol–water partition coefficient (Wildman–Crippen LogP) is -3.25. The number of ether oxygens (including phenoxy) is 1. The third-order valence-electron chi connectivity index (χ3n) is 1.93. The van der Waals surface area contributed by atoms with Crippen molar-refractivity contribution in [1.82, 2.24) is 0 Å². The van der Waals surface area contributed by atoms with E-state index in [0.29, 0.717) is 0 Å². The van der Waals surface area contributed by atoms with E-state index in [1.54, 1.807) is 0 Å². The van der Waals surface area contributed by atoms with Gasteiger partial charge in [-0.1, -0.05) is 0 Å². The van der Waals surface area contributed by atoms with Crippen molar-refractivity contribution in [2.24, 2.45) is 5.73 Å². The second kappa shape index (κ2) is 3.65. The number of nitrogens with two attached hydrogens (primary N) is 1. The molecule has 0 radical (unpaired) electrons. The highest BCUT2D eigenvalue weighted by atomic mass is 16.6. The fraction of sp³-hybridized carbons (Fsp3) is 1.00. The van der Waals surface area contributed by atoms with Crippen LogP contribution in [0.15, 0.2) is 0 Å². The van der Waals surface area contributed by atoms with Gasteiger partial charge in [-0.15, -0.1) is 0 Å². The molecule has 6 N–H and O–H groups in total. The fourth-order valence-corrected chi connectivity index (χ4v) is 1.13. The maximum absolute atomic E-state index is 9.18. The molecule has 1 aliphatic rings. The van der Waals surface area contributed by atoms with Crippen LogP contribution in [-0.2, 0) is 4.74 Å². The summed E-state index contributed by atoms with van der Waals surface area (Å²) in [5.41, 5.74) is 5.24. The molecule has 5 atom stereocenters. The van der Waals surface area contributed by atoms with E-state index in [2.05, 4.69) is 0 Å². The molecule has 72 valence electrons. The Hall–Kier alpha value is -0.240. The van der Waals surface area contributed by atoms with Gasteiger partial charge < -0.3 is 30.9 Å². The maximum Gasteiger partial charge on any atom is 0.135 e. The van der Waals surface area contributed by atoms with Crippen molar-refractivity contribution in [2.75, 3.05) is 6.61 Å². The molecule has 1 rings (SSSR count). The monoisotopic (exact) mass is 179 g/mol. The summed E-state index contributed by atoms with van der Waals surface area (Å²) in [4.78, 5) is 0. The van der Waals surface area contributed by atoms with Crippen molar-refractivity contribution in [3.05, 3.63) is 0 Å². The largest absolute Gasteiger partial charge is 0.394 e. The first kappa shape index (κ1) is 9.85. The van der Waals surface area contributed by atoms with Gasteiger partial charge in [-0.25, -0.2) is 0 Å². The Morgan fingerprint density at radius 2 is 1.67 bits per heavy atom. The first-order valence-electron chi connectivity index (χ1n) is 3.64. The summed E-state index contributed by atoms with van der Waals surface area (Å²) < 4.78 is 4.80. The number of hydrogen-bond acceptors (Lipinski definition) is 6. The number of rotatable bonds is 1. The van der Waals surface area contributed by atoms with Crippen molar-refractivity contribution in [3.8, 4) is 0 Å². The van der Waals surface area contributed by atoms with Crippen molar-refractivity contribution in [1.29, 1.82) is 0 Å². The Bertz CT molecular complexity index is 150.